The minimum absolute atomic E-state index is 0.110. The van der Waals surface area contributed by atoms with Crippen molar-refractivity contribution in [3.05, 3.63) is 64.8 Å². The van der Waals surface area contributed by atoms with Gasteiger partial charge in [-0.15, -0.1) is 21.5 Å². The molecule has 0 bridgehead atoms. The first-order valence-corrected chi connectivity index (χ1v) is 12.5. The Labute approximate surface area is 195 Å². The van der Waals surface area contributed by atoms with Crippen molar-refractivity contribution >= 4 is 29.0 Å². The van der Waals surface area contributed by atoms with Gasteiger partial charge in [0, 0.05) is 17.6 Å². The summed E-state index contributed by atoms with van der Waals surface area (Å²) in [5.74, 6) is 1.78. The summed E-state index contributed by atoms with van der Waals surface area (Å²) < 4.78 is 7.53. The van der Waals surface area contributed by atoms with Crippen LogP contribution in [0.5, 0.6) is 0 Å². The fourth-order valence-electron chi connectivity index (χ4n) is 3.19. The zero-order valence-corrected chi connectivity index (χ0v) is 19.5. The minimum atomic E-state index is -0.110. The normalized spacial score (nSPS) is 11.0. The smallest absolute Gasteiger partial charge is 0.270 e. The minimum Gasteiger partial charge on any atom is -0.461 e. The summed E-state index contributed by atoms with van der Waals surface area (Å²) in [5, 5.41) is 15.1. The summed E-state index contributed by atoms with van der Waals surface area (Å²) in [6.07, 6.45) is 6.14. The van der Waals surface area contributed by atoms with Gasteiger partial charge < -0.3 is 9.73 Å². The van der Waals surface area contributed by atoms with E-state index in [1.807, 2.05) is 52.4 Å². The molecule has 0 saturated carbocycles. The van der Waals surface area contributed by atoms with Crippen LogP contribution >= 0.6 is 23.1 Å². The SMILES string of the molecule is CCCCCCNC(=O)c1csc(CSc2nnc(-c3ccco3)n2-c2ccccc2)n1. The van der Waals surface area contributed by atoms with E-state index in [9.17, 15) is 4.79 Å². The molecule has 0 spiro atoms. The second-order valence-electron chi connectivity index (χ2n) is 7.19. The number of nitrogens with zero attached hydrogens (tertiary/aromatic N) is 4. The van der Waals surface area contributed by atoms with E-state index in [0.717, 1.165) is 28.7 Å². The maximum Gasteiger partial charge on any atom is 0.270 e. The lowest BCUT2D eigenvalue weighted by molar-refractivity contribution is 0.0948. The van der Waals surface area contributed by atoms with Crippen molar-refractivity contribution in [2.75, 3.05) is 6.54 Å². The number of thioether (sulfide) groups is 1. The summed E-state index contributed by atoms with van der Waals surface area (Å²) >= 11 is 3.01. The molecule has 0 unspecified atom stereocenters. The Morgan fingerprint density at radius 3 is 2.78 bits per heavy atom. The van der Waals surface area contributed by atoms with Crippen LogP contribution in [-0.2, 0) is 5.75 Å². The number of furan rings is 1. The Morgan fingerprint density at radius 1 is 1.12 bits per heavy atom. The molecule has 0 aliphatic heterocycles. The van der Waals surface area contributed by atoms with Crippen molar-refractivity contribution in [1.29, 1.82) is 0 Å². The van der Waals surface area contributed by atoms with E-state index in [1.54, 1.807) is 6.26 Å². The first kappa shape index (κ1) is 22.3. The fourth-order valence-corrected chi connectivity index (χ4v) is 4.93. The van der Waals surface area contributed by atoms with Gasteiger partial charge in [0.25, 0.3) is 5.91 Å². The number of nitrogens with one attached hydrogen (secondary N) is 1. The molecule has 3 aromatic heterocycles. The first-order valence-electron chi connectivity index (χ1n) is 10.7. The van der Waals surface area contributed by atoms with Crippen LogP contribution in [0.1, 0.15) is 48.1 Å². The number of para-hydroxylation sites is 1. The van der Waals surface area contributed by atoms with Gasteiger partial charge in [0.2, 0.25) is 5.82 Å². The maximum absolute atomic E-state index is 12.3. The molecule has 0 fully saturated rings. The summed E-state index contributed by atoms with van der Waals surface area (Å²) in [5.41, 5.74) is 1.43. The highest BCUT2D eigenvalue weighted by atomic mass is 32.2. The number of hydrogen-bond acceptors (Lipinski definition) is 7. The van der Waals surface area contributed by atoms with Crippen LogP contribution in [0.25, 0.3) is 17.3 Å². The molecule has 4 rings (SSSR count). The lowest BCUT2D eigenvalue weighted by atomic mass is 10.2. The van der Waals surface area contributed by atoms with Gasteiger partial charge in [0.1, 0.15) is 10.7 Å². The Hall–Kier alpha value is -2.91. The van der Waals surface area contributed by atoms with Gasteiger partial charge in [0.15, 0.2) is 10.9 Å². The van der Waals surface area contributed by atoms with E-state index in [1.165, 1.54) is 35.9 Å². The van der Waals surface area contributed by atoms with E-state index in [-0.39, 0.29) is 5.91 Å². The molecule has 1 N–H and O–H groups in total. The van der Waals surface area contributed by atoms with E-state index in [4.69, 9.17) is 4.42 Å². The molecule has 4 aromatic rings. The number of carbonyl (C=O) groups excluding carboxylic acids is 1. The molecule has 0 radical (unpaired) electrons. The monoisotopic (exact) mass is 467 g/mol. The van der Waals surface area contributed by atoms with Gasteiger partial charge >= 0.3 is 0 Å². The second kappa shape index (κ2) is 11.1. The van der Waals surface area contributed by atoms with Crippen molar-refractivity contribution in [2.24, 2.45) is 0 Å². The lowest BCUT2D eigenvalue weighted by Crippen LogP contribution is -2.24. The third-order valence-electron chi connectivity index (χ3n) is 4.81. The number of unbranched alkanes of at least 4 members (excludes halogenated alkanes) is 3. The molecular weight excluding hydrogens is 442 g/mol. The highest BCUT2D eigenvalue weighted by molar-refractivity contribution is 7.98. The molecule has 0 aliphatic carbocycles. The third kappa shape index (κ3) is 5.46. The van der Waals surface area contributed by atoms with Crippen LogP contribution < -0.4 is 5.32 Å². The predicted octanol–water partition coefficient (Wildman–Crippen LogP) is 5.59. The summed E-state index contributed by atoms with van der Waals surface area (Å²) in [4.78, 5) is 16.8. The topological polar surface area (TPSA) is 85.8 Å². The van der Waals surface area contributed by atoms with Crippen molar-refractivity contribution in [3.8, 4) is 17.3 Å². The first-order chi connectivity index (χ1) is 15.8. The van der Waals surface area contributed by atoms with Crippen LogP contribution in [0.3, 0.4) is 0 Å². The quantitative estimate of drug-likeness (QED) is 0.229. The van der Waals surface area contributed by atoms with Crippen LogP contribution in [0, 0.1) is 0 Å². The summed E-state index contributed by atoms with van der Waals surface area (Å²) in [7, 11) is 0. The molecule has 0 saturated heterocycles. The molecule has 7 nitrogen and oxygen atoms in total. The molecule has 32 heavy (non-hydrogen) atoms. The number of thiazole rings is 1. The number of benzene rings is 1. The van der Waals surface area contributed by atoms with E-state index in [2.05, 4.69) is 27.4 Å². The number of rotatable bonds is 11. The van der Waals surface area contributed by atoms with Crippen molar-refractivity contribution < 1.29 is 9.21 Å². The van der Waals surface area contributed by atoms with Crippen molar-refractivity contribution in [2.45, 2.75) is 43.5 Å². The van der Waals surface area contributed by atoms with Gasteiger partial charge in [0.05, 0.1) is 12.0 Å². The number of aromatic nitrogens is 4. The Bertz CT molecular complexity index is 1120. The summed E-state index contributed by atoms with van der Waals surface area (Å²) in [6, 6.07) is 13.6. The zero-order valence-electron chi connectivity index (χ0n) is 17.9. The molecule has 0 atom stereocenters. The number of carbonyl (C=O) groups is 1. The van der Waals surface area contributed by atoms with Crippen molar-refractivity contribution in [1.82, 2.24) is 25.1 Å². The molecule has 166 valence electrons. The van der Waals surface area contributed by atoms with E-state index < -0.39 is 0 Å². The Morgan fingerprint density at radius 2 is 2.00 bits per heavy atom. The van der Waals surface area contributed by atoms with Crippen molar-refractivity contribution in [3.63, 3.8) is 0 Å². The van der Waals surface area contributed by atoms with Crippen LogP contribution in [0.2, 0.25) is 0 Å². The lowest BCUT2D eigenvalue weighted by Gasteiger charge is -2.08. The molecule has 1 amide bonds. The second-order valence-corrected chi connectivity index (χ2v) is 9.07. The number of hydrogen-bond donors (Lipinski definition) is 1. The average molecular weight is 468 g/mol. The zero-order chi connectivity index (χ0) is 22.2. The van der Waals surface area contributed by atoms with Crippen LogP contribution in [0.15, 0.2) is 63.7 Å². The van der Waals surface area contributed by atoms with Gasteiger partial charge in [-0.1, -0.05) is 56.1 Å². The Kier molecular flexibility index (Phi) is 7.73. The summed E-state index contributed by atoms with van der Waals surface area (Å²) in [6.45, 7) is 2.86. The van der Waals surface area contributed by atoms with Crippen LogP contribution in [-0.4, -0.2) is 32.2 Å². The standard InChI is InChI=1S/C23H25N5O2S2/c1-2-3-4-8-13-24-22(29)18-15-31-20(25-18)16-32-23-27-26-21(19-12-9-14-30-19)28(23)17-10-6-5-7-11-17/h5-7,9-12,14-15H,2-4,8,13,16H2,1H3,(H,24,29). The molecule has 0 aliphatic rings. The average Bonchev–Trinajstić information content (AvgIpc) is 3.58. The number of amides is 1. The van der Waals surface area contributed by atoms with Gasteiger partial charge in [-0.05, 0) is 30.7 Å². The third-order valence-corrected chi connectivity index (χ3v) is 6.79. The van der Waals surface area contributed by atoms with E-state index in [0.29, 0.717) is 29.6 Å². The molecule has 1 aromatic carbocycles. The highest BCUT2D eigenvalue weighted by Gasteiger charge is 2.19. The predicted molar refractivity (Wildman–Crippen MR) is 127 cm³/mol. The van der Waals surface area contributed by atoms with E-state index >= 15 is 0 Å². The molecule has 9 heteroatoms. The largest absolute Gasteiger partial charge is 0.461 e. The molecular formula is C23H25N5O2S2. The highest BCUT2D eigenvalue weighted by Crippen LogP contribution is 2.30. The van der Waals surface area contributed by atoms with Crippen LogP contribution in [0.4, 0.5) is 0 Å². The van der Waals surface area contributed by atoms with Gasteiger partial charge in [-0.25, -0.2) is 4.98 Å². The van der Waals surface area contributed by atoms with Gasteiger partial charge in [-0.2, -0.15) is 0 Å². The Balaban J connectivity index is 1.43. The van der Waals surface area contributed by atoms with Gasteiger partial charge in [-0.3, -0.25) is 9.36 Å². The maximum atomic E-state index is 12.3. The molecule has 3 heterocycles. The fraction of sp³-hybridized carbons (Fsp3) is 0.304.